The van der Waals surface area contributed by atoms with Crippen molar-refractivity contribution in [3.8, 4) is 11.6 Å². The minimum Gasteiger partial charge on any atom is -0.490 e. The van der Waals surface area contributed by atoms with Gasteiger partial charge in [-0.25, -0.2) is 9.97 Å². The maximum Gasteiger partial charge on any atom is 0.213 e. The highest BCUT2D eigenvalue weighted by atomic mass is 127. The van der Waals surface area contributed by atoms with Gasteiger partial charge >= 0.3 is 0 Å². The number of aliphatic imine (C=N–C) groups is 1. The van der Waals surface area contributed by atoms with Gasteiger partial charge in [-0.05, 0) is 24.6 Å². The average Bonchev–Trinajstić information content (AvgIpc) is 3.20. The molecule has 3 aromatic rings. The van der Waals surface area contributed by atoms with E-state index in [4.69, 9.17) is 9.47 Å². The molecule has 0 fully saturated rings. The Balaban J connectivity index is 0.00000341. The third-order valence-electron chi connectivity index (χ3n) is 4.17. The van der Waals surface area contributed by atoms with Crippen molar-refractivity contribution in [2.24, 2.45) is 4.99 Å². The first kappa shape index (κ1) is 24.9. The average molecular weight is 553 g/mol. The number of hydrogen-bond donors (Lipinski definition) is 2. The van der Waals surface area contributed by atoms with E-state index in [1.165, 1.54) is 0 Å². The molecule has 0 aliphatic carbocycles. The summed E-state index contributed by atoms with van der Waals surface area (Å²) in [7, 11) is 1.76. The van der Waals surface area contributed by atoms with E-state index in [9.17, 15) is 0 Å². The van der Waals surface area contributed by atoms with E-state index in [2.05, 4.69) is 31.0 Å². The van der Waals surface area contributed by atoms with E-state index in [1.54, 1.807) is 24.6 Å². The van der Waals surface area contributed by atoms with Gasteiger partial charge in [0.05, 0.1) is 10.7 Å². The highest BCUT2D eigenvalue weighted by Gasteiger charge is 2.02. The van der Waals surface area contributed by atoms with Gasteiger partial charge in [0, 0.05) is 44.2 Å². The third-order valence-corrected chi connectivity index (χ3v) is 4.99. The number of para-hydroxylation sites is 1. The van der Waals surface area contributed by atoms with Gasteiger partial charge in [-0.15, -0.1) is 35.3 Å². The Bertz CT molecular complexity index is 919. The second-order valence-electron chi connectivity index (χ2n) is 6.48. The molecule has 2 aromatic heterocycles. The van der Waals surface area contributed by atoms with E-state index in [1.807, 2.05) is 49.4 Å². The number of guanidine groups is 1. The first-order valence-electron chi connectivity index (χ1n) is 9.84. The summed E-state index contributed by atoms with van der Waals surface area (Å²) in [4.78, 5) is 13.1. The molecule has 0 aliphatic heterocycles. The maximum absolute atomic E-state index is 5.63. The summed E-state index contributed by atoms with van der Waals surface area (Å²) in [5.74, 6) is 2.16. The first-order chi connectivity index (χ1) is 14.7. The summed E-state index contributed by atoms with van der Waals surface area (Å²) in [5, 5.41) is 9.78. The topological polar surface area (TPSA) is 80.7 Å². The van der Waals surface area contributed by atoms with Gasteiger partial charge in [0.2, 0.25) is 5.88 Å². The van der Waals surface area contributed by atoms with Crippen LogP contribution >= 0.6 is 35.3 Å². The molecular formula is C22H28IN5O2S. The second-order valence-corrected chi connectivity index (χ2v) is 7.54. The van der Waals surface area contributed by atoms with E-state index in [-0.39, 0.29) is 24.0 Å². The fourth-order valence-electron chi connectivity index (χ4n) is 2.66. The van der Waals surface area contributed by atoms with Crippen molar-refractivity contribution in [2.45, 2.75) is 19.9 Å². The van der Waals surface area contributed by atoms with Crippen LogP contribution in [0.5, 0.6) is 11.6 Å². The molecule has 2 N–H and O–H groups in total. The summed E-state index contributed by atoms with van der Waals surface area (Å²) in [5.41, 5.74) is 2.15. The number of halogens is 1. The molecule has 166 valence electrons. The Hall–Kier alpha value is -2.40. The molecule has 2 heterocycles. The normalized spacial score (nSPS) is 10.8. The number of rotatable bonds is 10. The van der Waals surface area contributed by atoms with Crippen LogP contribution in [0.25, 0.3) is 0 Å². The summed E-state index contributed by atoms with van der Waals surface area (Å²) in [6.45, 7) is 4.33. The van der Waals surface area contributed by atoms with Gasteiger partial charge in [0.25, 0.3) is 0 Å². The molecule has 1 aromatic carbocycles. The zero-order valence-corrected chi connectivity index (χ0v) is 20.9. The van der Waals surface area contributed by atoms with E-state index in [0.29, 0.717) is 25.6 Å². The number of hydrogen-bond acceptors (Lipinski definition) is 6. The molecule has 0 unspecified atom stereocenters. The van der Waals surface area contributed by atoms with Gasteiger partial charge in [0.15, 0.2) is 5.96 Å². The van der Waals surface area contributed by atoms with Gasteiger partial charge in [-0.2, -0.15) is 0 Å². The number of aryl methyl sites for hydroxylation is 1. The highest BCUT2D eigenvalue weighted by molar-refractivity contribution is 14.0. The van der Waals surface area contributed by atoms with E-state index in [0.717, 1.165) is 40.9 Å². The van der Waals surface area contributed by atoms with Crippen LogP contribution in [-0.2, 0) is 13.0 Å². The Morgan fingerprint density at radius 2 is 1.87 bits per heavy atom. The number of benzene rings is 1. The molecule has 0 saturated carbocycles. The molecule has 7 nitrogen and oxygen atoms in total. The third kappa shape index (κ3) is 9.09. The second kappa shape index (κ2) is 13.8. The molecular weight excluding hydrogens is 525 g/mol. The number of aromatic nitrogens is 2. The largest absolute Gasteiger partial charge is 0.490 e. The monoisotopic (exact) mass is 553 g/mol. The molecule has 0 spiro atoms. The predicted octanol–water partition coefficient (Wildman–Crippen LogP) is 3.83. The smallest absolute Gasteiger partial charge is 0.213 e. The van der Waals surface area contributed by atoms with Crippen molar-refractivity contribution in [3.63, 3.8) is 0 Å². The van der Waals surface area contributed by atoms with Crippen molar-refractivity contribution in [1.29, 1.82) is 0 Å². The first-order valence-corrected chi connectivity index (χ1v) is 10.7. The number of nitrogens with one attached hydrogen (secondary N) is 2. The zero-order chi connectivity index (χ0) is 21.0. The number of thiazole rings is 1. The highest BCUT2D eigenvalue weighted by Crippen LogP contribution is 2.10. The molecule has 9 heteroatoms. The van der Waals surface area contributed by atoms with Gasteiger partial charge in [-0.1, -0.05) is 24.3 Å². The molecule has 0 atom stereocenters. The Morgan fingerprint density at radius 3 is 2.55 bits per heavy atom. The predicted molar refractivity (Wildman–Crippen MR) is 136 cm³/mol. The summed E-state index contributed by atoms with van der Waals surface area (Å²) < 4.78 is 11.2. The Labute approximate surface area is 204 Å². The zero-order valence-electron chi connectivity index (χ0n) is 17.7. The number of pyridine rings is 1. The van der Waals surface area contributed by atoms with Crippen LogP contribution in [0.3, 0.4) is 0 Å². The van der Waals surface area contributed by atoms with Crippen LogP contribution < -0.4 is 20.1 Å². The molecule has 0 amide bonds. The summed E-state index contributed by atoms with van der Waals surface area (Å²) >= 11 is 1.67. The minimum atomic E-state index is 0. The van der Waals surface area contributed by atoms with E-state index < -0.39 is 0 Å². The minimum absolute atomic E-state index is 0. The fourth-order valence-corrected chi connectivity index (χ4v) is 3.31. The van der Waals surface area contributed by atoms with Crippen molar-refractivity contribution < 1.29 is 9.47 Å². The SMILES string of the molecule is CN=C(NCCc1csc(C)n1)NCc1ccc(OCCOc2ccccc2)nc1.I. The quantitative estimate of drug-likeness (QED) is 0.172. The lowest BCUT2D eigenvalue weighted by molar-refractivity contribution is 0.212. The number of ether oxygens (including phenoxy) is 2. The molecule has 3 rings (SSSR count). The lowest BCUT2D eigenvalue weighted by Gasteiger charge is -2.12. The van der Waals surface area contributed by atoms with Crippen molar-refractivity contribution in [2.75, 3.05) is 26.8 Å². The molecule has 0 bridgehead atoms. The van der Waals surface area contributed by atoms with Crippen LogP contribution in [0.2, 0.25) is 0 Å². The van der Waals surface area contributed by atoms with Crippen LogP contribution in [0, 0.1) is 6.92 Å². The fraction of sp³-hybridized carbons (Fsp3) is 0.318. The van der Waals surface area contributed by atoms with Crippen molar-refractivity contribution in [1.82, 2.24) is 20.6 Å². The standard InChI is InChI=1S/C22H27N5O2S.HI/c1-17-27-19(16-30-17)10-11-24-22(23-2)26-15-18-8-9-21(25-14-18)29-13-12-28-20-6-4-3-5-7-20;/h3-9,14,16H,10-13,15H2,1-2H3,(H2,23,24,26);1H. The van der Waals surface area contributed by atoms with E-state index >= 15 is 0 Å². The van der Waals surface area contributed by atoms with Crippen molar-refractivity contribution in [3.05, 3.63) is 70.3 Å². The van der Waals surface area contributed by atoms with Crippen molar-refractivity contribution >= 4 is 41.3 Å². The molecule has 0 saturated heterocycles. The lowest BCUT2D eigenvalue weighted by Crippen LogP contribution is -2.37. The van der Waals surface area contributed by atoms with Gasteiger partial charge < -0.3 is 20.1 Å². The van der Waals surface area contributed by atoms with Crippen LogP contribution in [-0.4, -0.2) is 42.7 Å². The molecule has 31 heavy (non-hydrogen) atoms. The Kier molecular flexibility index (Phi) is 11.1. The number of nitrogens with zero attached hydrogens (tertiary/aromatic N) is 3. The summed E-state index contributed by atoms with van der Waals surface area (Å²) in [6, 6.07) is 13.5. The lowest BCUT2D eigenvalue weighted by atomic mass is 10.3. The Morgan fingerprint density at radius 1 is 1.06 bits per heavy atom. The van der Waals surface area contributed by atoms with Crippen LogP contribution in [0.4, 0.5) is 0 Å². The van der Waals surface area contributed by atoms with Gasteiger partial charge in [0.1, 0.15) is 19.0 Å². The van der Waals surface area contributed by atoms with Gasteiger partial charge in [-0.3, -0.25) is 4.99 Å². The molecule has 0 radical (unpaired) electrons. The summed E-state index contributed by atoms with van der Waals surface area (Å²) in [6.07, 6.45) is 2.67. The molecule has 0 aliphatic rings. The van der Waals surface area contributed by atoms with Crippen LogP contribution in [0.15, 0.2) is 59.0 Å². The maximum atomic E-state index is 5.63. The van der Waals surface area contributed by atoms with Crippen LogP contribution in [0.1, 0.15) is 16.3 Å².